The first-order valence-corrected chi connectivity index (χ1v) is 10.7. The monoisotopic (exact) mass is 459 g/mol. The van der Waals surface area contributed by atoms with Crippen molar-refractivity contribution in [3.8, 4) is 11.5 Å². The van der Waals surface area contributed by atoms with Crippen LogP contribution in [-0.2, 0) is 4.79 Å². The van der Waals surface area contributed by atoms with Gasteiger partial charge in [-0.3, -0.25) is 9.59 Å². The van der Waals surface area contributed by atoms with Gasteiger partial charge < -0.3 is 14.8 Å². The van der Waals surface area contributed by atoms with E-state index >= 15 is 0 Å². The van der Waals surface area contributed by atoms with Crippen LogP contribution in [0.1, 0.15) is 38.8 Å². The van der Waals surface area contributed by atoms with E-state index < -0.39 is 11.9 Å². The van der Waals surface area contributed by atoms with E-state index in [-0.39, 0.29) is 12.5 Å². The third-order valence-corrected chi connectivity index (χ3v) is 4.58. The lowest BCUT2D eigenvalue weighted by Crippen LogP contribution is -2.34. The molecule has 3 aromatic carbocycles. The summed E-state index contributed by atoms with van der Waals surface area (Å²) in [5.41, 5.74) is 4.90. The average molecular weight is 460 g/mol. The smallest absolute Gasteiger partial charge is 0.343 e. The number of amides is 2. The summed E-state index contributed by atoms with van der Waals surface area (Å²) in [6, 6.07) is 20.4. The Bertz CT molecular complexity index is 1170. The van der Waals surface area contributed by atoms with Crippen LogP contribution >= 0.6 is 0 Å². The SMILES string of the molecule is CCOc1ccc(C(=O)NCC(=O)NN=Cc2ccc(OC(=O)c3cccc(C)c3)cc2)cc1. The number of aryl methyl sites for hydroxylation is 1. The highest BCUT2D eigenvalue weighted by Crippen LogP contribution is 2.14. The lowest BCUT2D eigenvalue weighted by atomic mass is 10.1. The van der Waals surface area contributed by atoms with Crippen LogP contribution in [0.3, 0.4) is 0 Å². The molecule has 8 nitrogen and oxygen atoms in total. The summed E-state index contributed by atoms with van der Waals surface area (Å²) in [6.45, 7) is 4.09. The van der Waals surface area contributed by atoms with E-state index in [0.29, 0.717) is 34.8 Å². The summed E-state index contributed by atoms with van der Waals surface area (Å²) in [5.74, 6) is -0.227. The number of hydrogen-bond donors (Lipinski definition) is 2. The second-order valence-electron chi connectivity index (χ2n) is 7.26. The molecule has 0 aromatic heterocycles. The largest absolute Gasteiger partial charge is 0.494 e. The van der Waals surface area contributed by atoms with Gasteiger partial charge in [-0.1, -0.05) is 17.7 Å². The van der Waals surface area contributed by atoms with Gasteiger partial charge in [0, 0.05) is 5.56 Å². The lowest BCUT2D eigenvalue weighted by Gasteiger charge is -2.06. The van der Waals surface area contributed by atoms with Crippen molar-refractivity contribution in [3.05, 3.63) is 95.1 Å². The molecule has 0 aliphatic carbocycles. The Morgan fingerprint density at radius 1 is 0.912 bits per heavy atom. The van der Waals surface area contributed by atoms with Crippen molar-refractivity contribution < 1.29 is 23.9 Å². The van der Waals surface area contributed by atoms with Crippen LogP contribution < -0.4 is 20.2 Å². The van der Waals surface area contributed by atoms with Crippen molar-refractivity contribution in [1.29, 1.82) is 0 Å². The quantitative estimate of drug-likeness (QED) is 0.221. The minimum atomic E-state index is -0.473. The van der Waals surface area contributed by atoms with E-state index in [1.807, 2.05) is 19.9 Å². The van der Waals surface area contributed by atoms with Gasteiger partial charge in [0.05, 0.1) is 24.9 Å². The highest BCUT2D eigenvalue weighted by molar-refractivity contribution is 5.96. The van der Waals surface area contributed by atoms with Gasteiger partial charge in [0.1, 0.15) is 11.5 Å². The van der Waals surface area contributed by atoms with E-state index in [0.717, 1.165) is 5.56 Å². The van der Waals surface area contributed by atoms with E-state index in [1.54, 1.807) is 66.7 Å². The molecule has 34 heavy (non-hydrogen) atoms. The fourth-order valence-electron chi connectivity index (χ4n) is 2.91. The topological polar surface area (TPSA) is 106 Å². The number of benzene rings is 3. The first-order chi connectivity index (χ1) is 16.4. The number of nitrogens with zero attached hydrogens (tertiary/aromatic N) is 1. The van der Waals surface area contributed by atoms with Crippen molar-refractivity contribution in [2.45, 2.75) is 13.8 Å². The van der Waals surface area contributed by atoms with Crippen molar-refractivity contribution >= 4 is 24.0 Å². The Morgan fingerprint density at radius 2 is 1.62 bits per heavy atom. The number of hydrazone groups is 1. The zero-order chi connectivity index (χ0) is 24.3. The summed E-state index contributed by atoms with van der Waals surface area (Å²) in [4.78, 5) is 36.3. The zero-order valence-corrected chi connectivity index (χ0v) is 18.9. The molecule has 0 saturated carbocycles. The molecule has 0 aliphatic heterocycles. The predicted octanol–water partition coefficient (Wildman–Crippen LogP) is 3.49. The maximum absolute atomic E-state index is 12.2. The molecule has 0 atom stereocenters. The fraction of sp³-hybridized carbons (Fsp3) is 0.154. The number of rotatable bonds is 9. The number of ether oxygens (including phenoxy) is 2. The fourth-order valence-corrected chi connectivity index (χ4v) is 2.91. The summed E-state index contributed by atoms with van der Waals surface area (Å²) in [5, 5.41) is 6.40. The van der Waals surface area contributed by atoms with Gasteiger partial charge in [0.2, 0.25) is 0 Å². The van der Waals surface area contributed by atoms with Crippen LogP contribution in [0.25, 0.3) is 0 Å². The summed E-state index contributed by atoms with van der Waals surface area (Å²) in [6.07, 6.45) is 1.44. The molecule has 0 fully saturated rings. The van der Waals surface area contributed by atoms with Gasteiger partial charge in [-0.15, -0.1) is 0 Å². The van der Waals surface area contributed by atoms with Gasteiger partial charge in [0.15, 0.2) is 0 Å². The molecular formula is C26H25N3O5. The summed E-state index contributed by atoms with van der Waals surface area (Å²) < 4.78 is 10.7. The van der Waals surface area contributed by atoms with Gasteiger partial charge in [0.25, 0.3) is 11.8 Å². The number of carbonyl (C=O) groups is 3. The molecule has 3 rings (SSSR count). The normalized spacial score (nSPS) is 10.5. The van der Waals surface area contributed by atoms with Crippen LogP contribution in [0.5, 0.6) is 11.5 Å². The number of carbonyl (C=O) groups excluding carboxylic acids is 3. The molecular weight excluding hydrogens is 434 g/mol. The molecule has 3 aromatic rings. The van der Waals surface area contributed by atoms with Gasteiger partial charge >= 0.3 is 5.97 Å². The molecule has 2 amide bonds. The minimum Gasteiger partial charge on any atom is -0.494 e. The molecule has 0 spiro atoms. The Balaban J connectivity index is 1.43. The number of esters is 1. The van der Waals surface area contributed by atoms with Crippen molar-refractivity contribution in [2.24, 2.45) is 5.10 Å². The Labute approximate surface area is 197 Å². The van der Waals surface area contributed by atoms with E-state index in [1.165, 1.54) is 6.21 Å². The summed E-state index contributed by atoms with van der Waals surface area (Å²) >= 11 is 0. The molecule has 0 bridgehead atoms. The molecule has 0 radical (unpaired) electrons. The highest BCUT2D eigenvalue weighted by Gasteiger charge is 2.09. The van der Waals surface area contributed by atoms with Gasteiger partial charge in [-0.2, -0.15) is 5.10 Å². The highest BCUT2D eigenvalue weighted by atomic mass is 16.5. The third kappa shape index (κ3) is 7.30. The molecule has 8 heteroatoms. The Kier molecular flexibility index (Phi) is 8.51. The van der Waals surface area contributed by atoms with Crippen molar-refractivity contribution in [2.75, 3.05) is 13.2 Å². The van der Waals surface area contributed by atoms with Crippen LogP contribution in [0.15, 0.2) is 77.9 Å². The maximum Gasteiger partial charge on any atom is 0.343 e. The van der Waals surface area contributed by atoms with E-state index in [9.17, 15) is 14.4 Å². The molecule has 0 saturated heterocycles. The average Bonchev–Trinajstić information content (AvgIpc) is 2.84. The standard InChI is InChI=1S/C26H25N3O5/c1-3-33-22-13-9-20(10-14-22)25(31)27-17-24(30)29-28-16-19-7-11-23(12-8-19)34-26(32)21-6-4-5-18(2)15-21/h4-16H,3,17H2,1-2H3,(H,27,31)(H,29,30). The lowest BCUT2D eigenvalue weighted by molar-refractivity contribution is -0.120. The molecule has 0 heterocycles. The van der Waals surface area contributed by atoms with Crippen LogP contribution in [-0.4, -0.2) is 37.1 Å². The summed E-state index contributed by atoms with van der Waals surface area (Å²) in [7, 11) is 0. The number of hydrogen-bond acceptors (Lipinski definition) is 6. The molecule has 2 N–H and O–H groups in total. The van der Waals surface area contributed by atoms with Crippen LogP contribution in [0.4, 0.5) is 0 Å². The molecule has 174 valence electrons. The van der Waals surface area contributed by atoms with Gasteiger partial charge in [-0.05, 0) is 80.1 Å². The van der Waals surface area contributed by atoms with Crippen LogP contribution in [0, 0.1) is 6.92 Å². The number of nitrogens with one attached hydrogen (secondary N) is 2. The van der Waals surface area contributed by atoms with Gasteiger partial charge in [-0.25, -0.2) is 10.2 Å². The van der Waals surface area contributed by atoms with Crippen molar-refractivity contribution in [3.63, 3.8) is 0 Å². The second-order valence-corrected chi connectivity index (χ2v) is 7.26. The van der Waals surface area contributed by atoms with Crippen LogP contribution in [0.2, 0.25) is 0 Å². The first-order valence-electron chi connectivity index (χ1n) is 10.7. The first kappa shape index (κ1) is 24.2. The zero-order valence-electron chi connectivity index (χ0n) is 18.9. The van der Waals surface area contributed by atoms with E-state index in [2.05, 4.69) is 15.8 Å². The Hall–Kier alpha value is -4.46. The second kappa shape index (κ2) is 12.0. The van der Waals surface area contributed by atoms with E-state index in [4.69, 9.17) is 9.47 Å². The maximum atomic E-state index is 12.2. The predicted molar refractivity (Wildman–Crippen MR) is 128 cm³/mol. The third-order valence-electron chi connectivity index (χ3n) is 4.58. The molecule has 0 aliphatic rings. The Morgan fingerprint density at radius 3 is 2.29 bits per heavy atom. The van der Waals surface area contributed by atoms with Crippen molar-refractivity contribution in [1.82, 2.24) is 10.7 Å². The minimum absolute atomic E-state index is 0.225. The molecule has 0 unspecified atom stereocenters.